The van der Waals surface area contributed by atoms with Gasteiger partial charge in [-0.05, 0) is 56.6 Å². The van der Waals surface area contributed by atoms with Crippen LogP contribution in [-0.2, 0) is 10.0 Å². The molecular weight excluding hydrogens is 352 g/mol. The number of rotatable bonds is 3. The molecule has 0 aromatic heterocycles. The van der Waals surface area contributed by atoms with Crippen molar-refractivity contribution >= 4 is 26.0 Å². The van der Waals surface area contributed by atoms with Crippen LogP contribution < -0.4 is 0 Å². The van der Waals surface area contributed by atoms with E-state index in [-0.39, 0.29) is 0 Å². The first-order valence-electron chi connectivity index (χ1n) is 7.57. The van der Waals surface area contributed by atoms with Gasteiger partial charge in [0.25, 0.3) is 0 Å². The van der Waals surface area contributed by atoms with Gasteiger partial charge in [-0.2, -0.15) is 4.31 Å². The molecule has 0 N–H and O–H groups in total. The monoisotopic (exact) mass is 372 g/mol. The van der Waals surface area contributed by atoms with E-state index >= 15 is 0 Å². The Labute approximate surface area is 135 Å². The van der Waals surface area contributed by atoms with E-state index in [1.165, 1.54) is 19.3 Å². The van der Waals surface area contributed by atoms with Gasteiger partial charge in [0.1, 0.15) is 0 Å². The van der Waals surface area contributed by atoms with Crippen molar-refractivity contribution in [2.45, 2.75) is 36.6 Å². The molecule has 2 fully saturated rings. The molecular formula is C15H21BrN2O2S. The quantitative estimate of drug-likeness (QED) is 0.818. The van der Waals surface area contributed by atoms with Crippen LogP contribution in [0.5, 0.6) is 0 Å². The molecule has 21 heavy (non-hydrogen) atoms. The number of nitrogens with zero attached hydrogens (tertiary/aromatic N) is 2. The zero-order chi connectivity index (χ0) is 14.9. The second-order valence-electron chi connectivity index (χ2n) is 5.86. The lowest BCUT2D eigenvalue weighted by Crippen LogP contribution is -2.41. The average Bonchev–Trinajstić information content (AvgIpc) is 2.99. The summed E-state index contributed by atoms with van der Waals surface area (Å²) in [7, 11) is -3.34. The molecule has 0 amide bonds. The first kappa shape index (κ1) is 15.5. The van der Waals surface area contributed by atoms with E-state index < -0.39 is 10.0 Å². The van der Waals surface area contributed by atoms with Crippen LogP contribution in [-0.4, -0.2) is 49.8 Å². The van der Waals surface area contributed by atoms with E-state index in [0.717, 1.165) is 24.0 Å². The summed E-state index contributed by atoms with van der Waals surface area (Å²) in [6, 6.07) is 7.31. The molecule has 4 nitrogen and oxygen atoms in total. The number of hydrogen-bond acceptors (Lipinski definition) is 3. The maximum Gasteiger partial charge on any atom is 0.243 e. The summed E-state index contributed by atoms with van der Waals surface area (Å²) in [4.78, 5) is 2.87. The van der Waals surface area contributed by atoms with Crippen LogP contribution in [0, 0.1) is 0 Å². The number of benzene rings is 1. The number of likely N-dealkylation sites (tertiary alicyclic amines) is 1. The lowest BCUT2D eigenvalue weighted by atomic mass is 10.1. The van der Waals surface area contributed by atoms with Gasteiger partial charge < -0.3 is 0 Å². The Morgan fingerprint density at radius 2 is 1.67 bits per heavy atom. The molecule has 116 valence electrons. The Morgan fingerprint density at radius 1 is 1.00 bits per heavy atom. The second kappa shape index (κ2) is 6.36. The van der Waals surface area contributed by atoms with Gasteiger partial charge in [-0.1, -0.05) is 22.4 Å². The van der Waals surface area contributed by atoms with Gasteiger partial charge in [0.2, 0.25) is 10.0 Å². The van der Waals surface area contributed by atoms with Crippen molar-refractivity contribution in [1.29, 1.82) is 0 Å². The number of hydrogen-bond donors (Lipinski definition) is 0. The van der Waals surface area contributed by atoms with Crippen LogP contribution in [0.3, 0.4) is 0 Å². The molecule has 1 unspecified atom stereocenters. The van der Waals surface area contributed by atoms with E-state index in [2.05, 4.69) is 20.8 Å². The Kier molecular flexibility index (Phi) is 4.69. The van der Waals surface area contributed by atoms with E-state index in [1.807, 2.05) is 0 Å². The van der Waals surface area contributed by atoms with Crippen molar-refractivity contribution in [3.05, 3.63) is 28.7 Å². The maximum atomic E-state index is 12.7. The summed E-state index contributed by atoms with van der Waals surface area (Å²) in [5, 5.41) is 0. The highest BCUT2D eigenvalue weighted by molar-refractivity contribution is 9.10. The Morgan fingerprint density at radius 3 is 2.33 bits per heavy atom. The molecule has 1 atom stereocenters. The van der Waals surface area contributed by atoms with E-state index in [1.54, 1.807) is 28.6 Å². The lowest BCUT2D eigenvalue weighted by molar-refractivity contribution is 0.169. The molecule has 0 spiro atoms. The second-order valence-corrected chi connectivity index (χ2v) is 8.71. The summed E-state index contributed by atoms with van der Waals surface area (Å²) in [5.41, 5.74) is 0. The van der Waals surface area contributed by atoms with Crippen molar-refractivity contribution in [2.24, 2.45) is 0 Å². The van der Waals surface area contributed by atoms with Gasteiger partial charge in [0.05, 0.1) is 4.90 Å². The maximum absolute atomic E-state index is 12.7. The minimum Gasteiger partial charge on any atom is -0.299 e. The summed E-state index contributed by atoms with van der Waals surface area (Å²) in [6.45, 7) is 3.52. The molecule has 2 heterocycles. The van der Waals surface area contributed by atoms with Gasteiger partial charge in [-0.3, -0.25) is 4.90 Å². The van der Waals surface area contributed by atoms with Gasteiger partial charge in [0, 0.05) is 23.6 Å². The molecule has 6 heteroatoms. The van der Waals surface area contributed by atoms with Crippen LogP contribution in [0.2, 0.25) is 0 Å². The van der Waals surface area contributed by atoms with Crippen LogP contribution in [0.1, 0.15) is 25.7 Å². The van der Waals surface area contributed by atoms with Gasteiger partial charge in [0.15, 0.2) is 0 Å². The topological polar surface area (TPSA) is 40.6 Å². The van der Waals surface area contributed by atoms with Crippen LogP contribution >= 0.6 is 15.9 Å². The highest BCUT2D eigenvalue weighted by atomic mass is 79.9. The summed E-state index contributed by atoms with van der Waals surface area (Å²) >= 11 is 3.34. The average molecular weight is 373 g/mol. The highest BCUT2D eigenvalue weighted by Gasteiger charge is 2.35. The number of piperidine rings is 1. The normalized spacial score (nSPS) is 25.3. The Balaban J connectivity index is 1.71. The predicted molar refractivity (Wildman–Crippen MR) is 86.7 cm³/mol. The molecule has 3 rings (SSSR count). The van der Waals surface area contributed by atoms with Gasteiger partial charge >= 0.3 is 0 Å². The van der Waals surface area contributed by atoms with Crippen LogP contribution in [0.25, 0.3) is 0 Å². The summed E-state index contributed by atoms with van der Waals surface area (Å²) in [5.74, 6) is 0. The van der Waals surface area contributed by atoms with Crippen molar-refractivity contribution < 1.29 is 8.42 Å². The van der Waals surface area contributed by atoms with Crippen molar-refractivity contribution in [3.8, 4) is 0 Å². The Hall–Kier alpha value is -0.430. The fraction of sp³-hybridized carbons (Fsp3) is 0.600. The minimum atomic E-state index is -3.34. The molecule has 2 saturated heterocycles. The minimum absolute atomic E-state index is 0.394. The third-order valence-corrected chi connectivity index (χ3v) is 6.89. The number of halogens is 1. The van der Waals surface area contributed by atoms with Crippen LogP contribution in [0.4, 0.5) is 0 Å². The predicted octanol–water partition coefficient (Wildman–Crippen LogP) is 2.70. The number of sulfonamides is 1. The lowest BCUT2D eigenvalue weighted by Gasteiger charge is -2.32. The zero-order valence-electron chi connectivity index (χ0n) is 12.0. The molecule has 1 aromatic rings. The molecule has 0 saturated carbocycles. The molecule has 0 bridgehead atoms. The summed E-state index contributed by atoms with van der Waals surface area (Å²) in [6.07, 6.45) is 4.76. The fourth-order valence-corrected chi connectivity index (χ4v) is 5.02. The fourth-order valence-electron chi connectivity index (χ4n) is 3.27. The molecule has 2 aliphatic rings. The molecule has 2 aliphatic heterocycles. The third-order valence-electron chi connectivity index (χ3n) is 4.48. The Bertz CT molecular complexity index is 582. The largest absolute Gasteiger partial charge is 0.299 e. The van der Waals surface area contributed by atoms with E-state index in [9.17, 15) is 8.42 Å². The first-order chi connectivity index (χ1) is 10.1. The summed E-state index contributed by atoms with van der Waals surface area (Å²) < 4.78 is 27.9. The first-order valence-corrected chi connectivity index (χ1v) is 9.80. The van der Waals surface area contributed by atoms with Crippen molar-refractivity contribution in [1.82, 2.24) is 9.21 Å². The third kappa shape index (κ3) is 3.33. The molecule has 1 aromatic carbocycles. The smallest absolute Gasteiger partial charge is 0.243 e. The van der Waals surface area contributed by atoms with Gasteiger partial charge in [-0.15, -0.1) is 0 Å². The standard InChI is InChI=1S/C15H21BrN2O2S/c16-13-4-6-15(7-5-13)21(19,20)18-11-8-14(12-18)17-9-2-1-3-10-17/h4-7,14H,1-3,8-12H2. The van der Waals surface area contributed by atoms with E-state index in [4.69, 9.17) is 0 Å². The van der Waals surface area contributed by atoms with Crippen molar-refractivity contribution in [2.75, 3.05) is 26.2 Å². The van der Waals surface area contributed by atoms with Crippen molar-refractivity contribution in [3.63, 3.8) is 0 Å². The SMILES string of the molecule is O=S(=O)(c1ccc(Br)cc1)N1CCC(N2CCCCC2)C1. The van der Waals surface area contributed by atoms with Crippen LogP contribution in [0.15, 0.2) is 33.6 Å². The molecule has 0 radical (unpaired) electrons. The van der Waals surface area contributed by atoms with E-state index in [0.29, 0.717) is 24.0 Å². The highest BCUT2D eigenvalue weighted by Crippen LogP contribution is 2.26. The van der Waals surface area contributed by atoms with Gasteiger partial charge in [-0.25, -0.2) is 8.42 Å². The molecule has 0 aliphatic carbocycles. The zero-order valence-corrected chi connectivity index (χ0v) is 14.4.